The van der Waals surface area contributed by atoms with Crippen molar-refractivity contribution in [2.75, 3.05) is 25.0 Å². The molecule has 2 fully saturated rings. The Kier molecular flexibility index (Phi) is 2.74. The zero-order valence-corrected chi connectivity index (χ0v) is 9.63. The SMILES string of the molecule is Fc1ccc(NC2CCN3CCC2C3)cc1F. The molecule has 0 saturated carbocycles. The van der Waals surface area contributed by atoms with Crippen molar-refractivity contribution in [3.05, 3.63) is 29.8 Å². The molecule has 1 aromatic rings. The summed E-state index contributed by atoms with van der Waals surface area (Å²) in [6.07, 6.45) is 2.30. The average molecular weight is 238 g/mol. The predicted molar refractivity (Wildman–Crippen MR) is 62.9 cm³/mol. The van der Waals surface area contributed by atoms with Crippen LogP contribution >= 0.6 is 0 Å². The highest BCUT2D eigenvalue weighted by Crippen LogP contribution is 2.29. The first-order valence-corrected chi connectivity index (χ1v) is 6.16. The molecule has 2 aliphatic rings. The molecule has 0 radical (unpaired) electrons. The maximum absolute atomic E-state index is 13.1. The van der Waals surface area contributed by atoms with Crippen LogP contribution in [0.1, 0.15) is 12.8 Å². The fraction of sp³-hybridized carbons (Fsp3) is 0.538. The second-order valence-corrected chi connectivity index (χ2v) is 5.02. The van der Waals surface area contributed by atoms with E-state index in [9.17, 15) is 8.78 Å². The Morgan fingerprint density at radius 3 is 2.76 bits per heavy atom. The lowest BCUT2D eigenvalue weighted by Gasteiger charge is -2.31. The Morgan fingerprint density at radius 1 is 1.12 bits per heavy atom. The first kappa shape index (κ1) is 11.0. The third-order valence-electron chi connectivity index (χ3n) is 3.91. The van der Waals surface area contributed by atoms with E-state index < -0.39 is 11.6 Å². The molecular weight excluding hydrogens is 222 g/mol. The van der Waals surface area contributed by atoms with E-state index >= 15 is 0 Å². The molecule has 2 saturated heterocycles. The van der Waals surface area contributed by atoms with Crippen molar-refractivity contribution in [1.29, 1.82) is 0 Å². The Morgan fingerprint density at radius 2 is 1.94 bits per heavy atom. The second kappa shape index (κ2) is 4.26. The van der Waals surface area contributed by atoms with Crippen molar-refractivity contribution in [2.45, 2.75) is 18.9 Å². The molecule has 2 heterocycles. The van der Waals surface area contributed by atoms with Crippen LogP contribution in [0, 0.1) is 17.6 Å². The zero-order chi connectivity index (χ0) is 11.8. The Labute approximate surface area is 99.6 Å². The standard InChI is InChI=1S/C13H16F2N2/c14-11-2-1-10(7-12(11)15)16-13-4-6-17-5-3-9(13)8-17/h1-2,7,9,13,16H,3-6,8H2. The summed E-state index contributed by atoms with van der Waals surface area (Å²) in [4.78, 5) is 2.47. The summed E-state index contributed by atoms with van der Waals surface area (Å²) in [6, 6.07) is 4.44. The highest BCUT2D eigenvalue weighted by atomic mass is 19.2. The number of nitrogens with zero attached hydrogens (tertiary/aromatic N) is 1. The van der Waals surface area contributed by atoms with Gasteiger partial charge in [0.15, 0.2) is 11.6 Å². The molecule has 3 unspecified atom stereocenters. The molecule has 1 aromatic carbocycles. The third kappa shape index (κ3) is 2.14. The van der Waals surface area contributed by atoms with E-state index in [1.165, 1.54) is 25.1 Å². The van der Waals surface area contributed by atoms with Crippen LogP contribution in [0.5, 0.6) is 0 Å². The lowest BCUT2D eigenvalue weighted by atomic mass is 9.94. The topological polar surface area (TPSA) is 15.3 Å². The van der Waals surface area contributed by atoms with E-state index in [0.717, 1.165) is 19.5 Å². The monoisotopic (exact) mass is 238 g/mol. The van der Waals surface area contributed by atoms with Crippen molar-refractivity contribution in [3.63, 3.8) is 0 Å². The van der Waals surface area contributed by atoms with Gasteiger partial charge in [0, 0.05) is 30.9 Å². The van der Waals surface area contributed by atoms with Crippen molar-refractivity contribution in [3.8, 4) is 0 Å². The number of piperidine rings is 1. The molecule has 1 N–H and O–H groups in total. The normalized spacial score (nSPS) is 31.5. The van der Waals surface area contributed by atoms with E-state index in [1.807, 2.05) is 0 Å². The molecule has 2 nitrogen and oxygen atoms in total. The first-order valence-electron chi connectivity index (χ1n) is 6.16. The third-order valence-corrected chi connectivity index (χ3v) is 3.91. The van der Waals surface area contributed by atoms with Crippen LogP contribution in [0.3, 0.4) is 0 Å². The van der Waals surface area contributed by atoms with Gasteiger partial charge in [-0.05, 0) is 37.4 Å². The van der Waals surface area contributed by atoms with Gasteiger partial charge in [-0.25, -0.2) is 8.78 Å². The molecule has 0 spiro atoms. The number of hydrogen-bond acceptors (Lipinski definition) is 2. The van der Waals surface area contributed by atoms with Crippen LogP contribution in [0.2, 0.25) is 0 Å². The van der Waals surface area contributed by atoms with Crippen molar-refractivity contribution in [1.82, 2.24) is 4.90 Å². The van der Waals surface area contributed by atoms with Crippen LogP contribution in [-0.2, 0) is 0 Å². The highest BCUT2D eigenvalue weighted by molar-refractivity contribution is 5.44. The molecule has 4 heteroatoms. The molecular formula is C13H16F2N2. The Balaban J connectivity index is 1.71. The van der Waals surface area contributed by atoms with E-state index in [0.29, 0.717) is 17.6 Å². The lowest BCUT2D eigenvalue weighted by Crippen LogP contribution is -2.39. The number of anilines is 1. The largest absolute Gasteiger partial charge is 0.382 e. The molecule has 2 bridgehead atoms. The van der Waals surface area contributed by atoms with E-state index in [1.54, 1.807) is 6.07 Å². The van der Waals surface area contributed by atoms with Gasteiger partial charge in [0.2, 0.25) is 0 Å². The van der Waals surface area contributed by atoms with Gasteiger partial charge in [-0.1, -0.05) is 0 Å². The molecule has 92 valence electrons. The fourth-order valence-electron chi connectivity index (χ4n) is 2.94. The van der Waals surface area contributed by atoms with Gasteiger partial charge in [-0.3, -0.25) is 0 Å². The number of nitrogens with one attached hydrogen (secondary N) is 1. The van der Waals surface area contributed by atoms with Gasteiger partial charge in [0.05, 0.1) is 0 Å². The Bertz CT molecular complexity index is 422. The van der Waals surface area contributed by atoms with Crippen LogP contribution in [0.15, 0.2) is 18.2 Å². The molecule has 17 heavy (non-hydrogen) atoms. The van der Waals surface area contributed by atoms with Gasteiger partial charge in [0.1, 0.15) is 0 Å². The van der Waals surface area contributed by atoms with E-state index in [4.69, 9.17) is 0 Å². The maximum atomic E-state index is 13.1. The summed E-state index contributed by atoms with van der Waals surface area (Å²) in [5, 5.41) is 3.34. The van der Waals surface area contributed by atoms with Crippen LogP contribution in [0.25, 0.3) is 0 Å². The quantitative estimate of drug-likeness (QED) is 0.851. The summed E-state index contributed by atoms with van der Waals surface area (Å²) < 4.78 is 25.9. The van der Waals surface area contributed by atoms with E-state index in [-0.39, 0.29) is 0 Å². The summed E-state index contributed by atoms with van der Waals surface area (Å²) in [7, 11) is 0. The summed E-state index contributed by atoms with van der Waals surface area (Å²) in [5.74, 6) is -0.915. The molecule has 0 amide bonds. The van der Waals surface area contributed by atoms with Crippen LogP contribution in [-0.4, -0.2) is 30.6 Å². The van der Waals surface area contributed by atoms with Crippen LogP contribution < -0.4 is 5.32 Å². The van der Waals surface area contributed by atoms with Gasteiger partial charge in [-0.2, -0.15) is 0 Å². The summed E-state index contributed by atoms with van der Waals surface area (Å²) in [5.41, 5.74) is 0.689. The number of fused-ring (bicyclic) bond motifs is 2. The van der Waals surface area contributed by atoms with Crippen LogP contribution in [0.4, 0.5) is 14.5 Å². The lowest BCUT2D eigenvalue weighted by molar-refractivity contribution is 0.255. The van der Waals surface area contributed by atoms with Gasteiger partial charge < -0.3 is 10.2 Å². The minimum absolute atomic E-state index is 0.401. The minimum atomic E-state index is -0.786. The zero-order valence-electron chi connectivity index (χ0n) is 9.63. The van der Waals surface area contributed by atoms with Crippen molar-refractivity contribution < 1.29 is 8.78 Å². The summed E-state index contributed by atoms with van der Waals surface area (Å²) >= 11 is 0. The smallest absolute Gasteiger partial charge is 0.160 e. The second-order valence-electron chi connectivity index (χ2n) is 5.02. The average Bonchev–Trinajstić information content (AvgIpc) is 2.71. The van der Waals surface area contributed by atoms with Gasteiger partial charge in [0.25, 0.3) is 0 Å². The number of hydrogen-bond donors (Lipinski definition) is 1. The maximum Gasteiger partial charge on any atom is 0.160 e. The fourth-order valence-corrected chi connectivity index (χ4v) is 2.94. The highest BCUT2D eigenvalue weighted by Gasteiger charge is 2.34. The molecule has 3 rings (SSSR count). The number of rotatable bonds is 2. The van der Waals surface area contributed by atoms with Crippen molar-refractivity contribution in [2.24, 2.45) is 5.92 Å². The van der Waals surface area contributed by atoms with Gasteiger partial charge in [-0.15, -0.1) is 0 Å². The molecule has 2 aliphatic heterocycles. The van der Waals surface area contributed by atoms with E-state index in [2.05, 4.69) is 10.2 Å². The van der Waals surface area contributed by atoms with Crippen molar-refractivity contribution >= 4 is 5.69 Å². The number of halogens is 2. The Hall–Kier alpha value is -1.16. The van der Waals surface area contributed by atoms with Gasteiger partial charge >= 0.3 is 0 Å². The minimum Gasteiger partial charge on any atom is -0.382 e. The molecule has 0 aromatic heterocycles. The first-order chi connectivity index (χ1) is 8.22. The molecule has 3 atom stereocenters. The summed E-state index contributed by atoms with van der Waals surface area (Å²) in [6.45, 7) is 3.43. The predicted octanol–water partition coefficient (Wildman–Crippen LogP) is 2.47. The number of benzene rings is 1. The molecule has 0 aliphatic carbocycles.